The summed E-state index contributed by atoms with van der Waals surface area (Å²) in [4.78, 5) is -0.530. The number of aryl methyl sites for hydroxylation is 1. The van der Waals surface area contributed by atoms with Gasteiger partial charge in [-0.2, -0.15) is 13.2 Å². The predicted octanol–water partition coefficient (Wildman–Crippen LogP) is 1.12. The van der Waals surface area contributed by atoms with Crippen molar-refractivity contribution in [2.24, 2.45) is 0 Å². The number of hydrogen-bond acceptors (Lipinski definition) is 4. The zero-order chi connectivity index (χ0) is 14.2. The molecule has 1 aromatic carbocycles. The third-order valence-electron chi connectivity index (χ3n) is 1.91. The van der Waals surface area contributed by atoms with Gasteiger partial charge >= 0.3 is 15.5 Å². The van der Waals surface area contributed by atoms with Crippen LogP contribution in [0.3, 0.4) is 0 Å². The lowest BCUT2D eigenvalue weighted by molar-refractivity contribution is -0.0441. The number of nitrogens with one attached hydrogen (secondary N) is 1. The molecule has 0 aromatic heterocycles. The van der Waals surface area contributed by atoms with Crippen LogP contribution < -0.4 is 4.13 Å². The van der Waals surface area contributed by atoms with Gasteiger partial charge in [0.15, 0.2) is 0 Å². The van der Waals surface area contributed by atoms with E-state index in [-0.39, 0.29) is 5.56 Å². The second kappa shape index (κ2) is 4.52. The molecule has 1 aromatic rings. The normalized spacial score (nSPS) is 13.6. The number of alkyl halides is 3. The summed E-state index contributed by atoms with van der Waals surface area (Å²) in [6.45, 7) is 1.33. The average molecular weight is 303 g/mol. The molecule has 18 heavy (non-hydrogen) atoms. The summed E-state index contributed by atoms with van der Waals surface area (Å²) >= 11 is 0. The van der Waals surface area contributed by atoms with Crippen molar-refractivity contribution in [2.75, 3.05) is 0 Å². The van der Waals surface area contributed by atoms with Crippen LogP contribution in [0.15, 0.2) is 29.2 Å². The minimum absolute atomic E-state index is 0.127. The standard InChI is InChI=1S/C8H8F3NO4S2/c1-6-4-2-3-5-7(6)17(13,14)12-18(15,16)8(9,10)11/h2-5,12H,1H3. The number of rotatable bonds is 3. The van der Waals surface area contributed by atoms with E-state index < -0.39 is 30.5 Å². The Morgan fingerprint density at radius 1 is 1.06 bits per heavy atom. The molecule has 0 aliphatic rings. The molecule has 5 nitrogen and oxygen atoms in total. The van der Waals surface area contributed by atoms with Gasteiger partial charge in [-0.05, 0) is 18.6 Å². The van der Waals surface area contributed by atoms with Gasteiger partial charge < -0.3 is 0 Å². The fourth-order valence-corrected chi connectivity index (χ4v) is 3.74. The Morgan fingerprint density at radius 3 is 2.00 bits per heavy atom. The molecule has 0 heterocycles. The first-order valence-corrected chi connectivity index (χ1v) is 7.34. The summed E-state index contributed by atoms with van der Waals surface area (Å²) in [6.07, 6.45) is 0. The molecule has 1 N–H and O–H groups in total. The minimum Gasteiger partial charge on any atom is -0.206 e. The smallest absolute Gasteiger partial charge is 0.206 e. The maximum atomic E-state index is 12.1. The Kier molecular flexibility index (Phi) is 3.75. The van der Waals surface area contributed by atoms with Gasteiger partial charge in [0.25, 0.3) is 10.0 Å². The molecular weight excluding hydrogens is 295 g/mol. The van der Waals surface area contributed by atoms with Crippen molar-refractivity contribution >= 4 is 20.0 Å². The van der Waals surface area contributed by atoms with Crippen molar-refractivity contribution in [3.63, 3.8) is 0 Å². The van der Waals surface area contributed by atoms with Gasteiger partial charge in [-0.1, -0.05) is 22.3 Å². The molecule has 1 rings (SSSR count). The zero-order valence-electron chi connectivity index (χ0n) is 8.89. The van der Waals surface area contributed by atoms with Crippen LogP contribution in [-0.4, -0.2) is 22.3 Å². The van der Waals surface area contributed by atoms with Gasteiger partial charge in [-0.3, -0.25) is 0 Å². The van der Waals surface area contributed by atoms with E-state index in [4.69, 9.17) is 0 Å². The van der Waals surface area contributed by atoms with E-state index in [2.05, 4.69) is 0 Å². The quantitative estimate of drug-likeness (QED) is 0.907. The molecule has 102 valence electrons. The first-order valence-electron chi connectivity index (χ1n) is 4.38. The number of sulfonamides is 2. The fourth-order valence-electron chi connectivity index (χ4n) is 1.09. The summed E-state index contributed by atoms with van der Waals surface area (Å²) < 4.78 is 81.4. The molecule has 0 unspecified atom stereocenters. The van der Waals surface area contributed by atoms with Crippen molar-refractivity contribution < 1.29 is 30.0 Å². The summed E-state index contributed by atoms with van der Waals surface area (Å²) in [5, 5.41) is 0. The molecule has 0 aliphatic carbocycles. The zero-order valence-corrected chi connectivity index (χ0v) is 10.5. The van der Waals surface area contributed by atoms with Crippen LogP contribution in [0.1, 0.15) is 5.56 Å². The summed E-state index contributed by atoms with van der Waals surface area (Å²) in [5.41, 5.74) is -5.56. The van der Waals surface area contributed by atoms with Crippen LogP contribution in [-0.2, 0) is 20.0 Å². The lowest BCUT2D eigenvalue weighted by Gasteiger charge is -2.11. The molecule has 0 atom stereocenters. The lowest BCUT2D eigenvalue weighted by atomic mass is 10.2. The van der Waals surface area contributed by atoms with Gasteiger partial charge in [0.1, 0.15) is 0 Å². The highest BCUT2D eigenvalue weighted by atomic mass is 32.3. The summed E-state index contributed by atoms with van der Waals surface area (Å²) in [7, 11) is -10.7. The summed E-state index contributed by atoms with van der Waals surface area (Å²) in [6, 6.07) is 5.06. The third-order valence-corrected chi connectivity index (χ3v) is 5.31. The maximum absolute atomic E-state index is 12.1. The van der Waals surface area contributed by atoms with Crippen molar-refractivity contribution in [3.8, 4) is 0 Å². The number of benzene rings is 1. The molecule has 10 heteroatoms. The van der Waals surface area contributed by atoms with Crippen LogP contribution in [0.25, 0.3) is 0 Å². The van der Waals surface area contributed by atoms with Gasteiger partial charge in [0.05, 0.1) is 4.90 Å². The molecule has 0 radical (unpaired) electrons. The van der Waals surface area contributed by atoms with E-state index in [1.54, 1.807) is 0 Å². The molecule has 0 spiro atoms. The van der Waals surface area contributed by atoms with Crippen LogP contribution >= 0.6 is 0 Å². The molecule has 0 saturated carbocycles. The Hall–Kier alpha value is -1.13. The van der Waals surface area contributed by atoms with E-state index in [1.807, 2.05) is 0 Å². The lowest BCUT2D eigenvalue weighted by Crippen LogP contribution is -2.40. The highest BCUT2D eigenvalue weighted by Gasteiger charge is 2.48. The largest absolute Gasteiger partial charge is 0.512 e. The van der Waals surface area contributed by atoms with Gasteiger partial charge in [0, 0.05) is 0 Å². The molecule has 0 saturated heterocycles. The van der Waals surface area contributed by atoms with Crippen LogP contribution in [0.2, 0.25) is 0 Å². The molecule has 0 fully saturated rings. The van der Waals surface area contributed by atoms with E-state index in [0.717, 1.165) is 6.07 Å². The monoisotopic (exact) mass is 303 g/mol. The van der Waals surface area contributed by atoms with E-state index >= 15 is 0 Å². The molecule has 0 aliphatic heterocycles. The van der Waals surface area contributed by atoms with Crippen molar-refractivity contribution in [1.29, 1.82) is 0 Å². The second-order valence-electron chi connectivity index (χ2n) is 3.30. The third kappa shape index (κ3) is 3.00. The van der Waals surface area contributed by atoms with Crippen molar-refractivity contribution in [1.82, 2.24) is 4.13 Å². The van der Waals surface area contributed by atoms with Gasteiger partial charge in [0.2, 0.25) is 0 Å². The first kappa shape index (κ1) is 14.9. The minimum atomic E-state index is -5.96. The summed E-state index contributed by atoms with van der Waals surface area (Å²) in [5.74, 6) is 0. The van der Waals surface area contributed by atoms with Gasteiger partial charge in [-0.25, -0.2) is 16.8 Å². The van der Waals surface area contributed by atoms with Gasteiger partial charge in [-0.15, -0.1) is 0 Å². The second-order valence-corrected chi connectivity index (χ2v) is 6.88. The predicted molar refractivity (Wildman–Crippen MR) is 56.5 cm³/mol. The topological polar surface area (TPSA) is 80.3 Å². The molecular formula is C8H8F3NO4S2. The fraction of sp³-hybridized carbons (Fsp3) is 0.250. The Morgan fingerprint density at radius 2 is 1.56 bits per heavy atom. The maximum Gasteiger partial charge on any atom is 0.512 e. The highest BCUT2D eigenvalue weighted by molar-refractivity contribution is 8.05. The Balaban J connectivity index is 3.25. The van der Waals surface area contributed by atoms with Crippen molar-refractivity contribution in [3.05, 3.63) is 29.8 Å². The van der Waals surface area contributed by atoms with Crippen LogP contribution in [0.4, 0.5) is 13.2 Å². The molecule has 0 bridgehead atoms. The van der Waals surface area contributed by atoms with Crippen LogP contribution in [0.5, 0.6) is 0 Å². The Bertz CT molecular complexity index is 649. The molecule has 0 amide bonds. The average Bonchev–Trinajstić information content (AvgIpc) is 2.14. The SMILES string of the molecule is Cc1ccccc1S(=O)(=O)NS(=O)(=O)C(F)(F)F. The van der Waals surface area contributed by atoms with Crippen molar-refractivity contribution in [2.45, 2.75) is 17.3 Å². The highest BCUT2D eigenvalue weighted by Crippen LogP contribution is 2.24. The Labute approximate surface area is 102 Å². The number of hydrogen-bond donors (Lipinski definition) is 1. The first-order chi connectivity index (χ1) is 7.97. The van der Waals surface area contributed by atoms with E-state index in [9.17, 15) is 30.0 Å². The van der Waals surface area contributed by atoms with Crippen LogP contribution in [0, 0.1) is 6.92 Å². The number of halogens is 3. The van der Waals surface area contributed by atoms with E-state index in [0.29, 0.717) is 4.13 Å². The van der Waals surface area contributed by atoms with E-state index in [1.165, 1.54) is 25.1 Å².